The maximum Gasteiger partial charge on any atom is 0.0713 e. The molecule has 0 radical (unpaired) electrons. The predicted molar refractivity (Wildman–Crippen MR) is 55.2 cm³/mol. The molecule has 0 amide bonds. The van der Waals surface area contributed by atoms with Gasteiger partial charge in [-0.2, -0.15) is 0 Å². The van der Waals surface area contributed by atoms with Gasteiger partial charge >= 0.3 is 0 Å². The summed E-state index contributed by atoms with van der Waals surface area (Å²) in [7, 11) is 1.66. The molecular formula is C12H12O. The first kappa shape index (κ1) is 9.57. The lowest BCUT2D eigenvalue weighted by Gasteiger charge is -2.03. The molecular weight excluding hydrogens is 160 g/mol. The van der Waals surface area contributed by atoms with Gasteiger partial charge < -0.3 is 4.74 Å². The molecule has 1 aromatic rings. The molecule has 0 spiro atoms. The van der Waals surface area contributed by atoms with Gasteiger partial charge in [0, 0.05) is 12.7 Å². The minimum absolute atomic E-state index is 0.589. The minimum Gasteiger partial charge on any atom is -0.380 e. The fraction of sp³-hybridized carbons (Fsp3) is 0.167. The number of hydrogen-bond donors (Lipinski definition) is 0. The highest BCUT2D eigenvalue weighted by Gasteiger charge is 1.98. The Hall–Kier alpha value is -1.52. The third-order valence-corrected chi connectivity index (χ3v) is 1.80. The summed E-state index contributed by atoms with van der Waals surface area (Å²) in [4.78, 5) is 0. The second-order valence-electron chi connectivity index (χ2n) is 2.70. The van der Waals surface area contributed by atoms with Crippen LogP contribution in [0.4, 0.5) is 0 Å². The number of benzene rings is 1. The van der Waals surface area contributed by atoms with Crippen molar-refractivity contribution in [1.29, 1.82) is 0 Å². The molecule has 66 valence electrons. The molecule has 0 fully saturated rings. The van der Waals surface area contributed by atoms with Gasteiger partial charge in [0.2, 0.25) is 0 Å². The van der Waals surface area contributed by atoms with Gasteiger partial charge in [-0.05, 0) is 17.2 Å². The van der Waals surface area contributed by atoms with Crippen molar-refractivity contribution in [3.63, 3.8) is 0 Å². The van der Waals surface area contributed by atoms with Gasteiger partial charge in [0.1, 0.15) is 0 Å². The second kappa shape index (κ2) is 4.49. The molecule has 0 aromatic heterocycles. The quantitative estimate of drug-likeness (QED) is 0.636. The van der Waals surface area contributed by atoms with Gasteiger partial charge in [0.25, 0.3) is 0 Å². The van der Waals surface area contributed by atoms with E-state index in [1.54, 1.807) is 13.2 Å². The van der Waals surface area contributed by atoms with Crippen LogP contribution in [0.3, 0.4) is 0 Å². The molecule has 0 unspecified atom stereocenters. The Morgan fingerprint density at radius 3 is 2.92 bits per heavy atom. The van der Waals surface area contributed by atoms with Crippen molar-refractivity contribution >= 4 is 6.08 Å². The van der Waals surface area contributed by atoms with Crippen LogP contribution in [0, 0.1) is 12.3 Å². The molecule has 0 aliphatic rings. The van der Waals surface area contributed by atoms with Crippen LogP contribution in [-0.2, 0) is 11.3 Å². The number of hydrogen-bond acceptors (Lipinski definition) is 1. The molecule has 0 saturated heterocycles. The van der Waals surface area contributed by atoms with Gasteiger partial charge in [-0.1, -0.05) is 30.7 Å². The predicted octanol–water partition coefficient (Wildman–Crippen LogP) is 2.46. The van der Waals surface area contributed by atoms with Crippen LogP contribution < -0.4 is 0 Å². The van der Waals surface area contributed by atoms with Gasteiger partial charge in [0.05, 0.1) is 6.61 Å². The van der Waals surface area contributed by atoms with Crippen LogP contribution in [0.25, 0.3) is 6.08 Å². The Labute approximate surface area is 79.0 Å². The Kier molecular flexibility index (Phi) is 3.31. The summed E-state index contributed by atoms with van der Waals surface area (Å²) in [6, 6.07) is 5.89. The van der Waals surface area contributed by atoms with E-state index >= 15 is 0 Å². The Morgan fingerprint density at radius 2 is 2.38 bits per heavy atom. The first-order valence-corrected chi connectivity index (χ1v) is 4.02. The molecule has 1 nitrogen and oxygen atoms in total. The summed E-state index contributed by atoms with van der Waals surface area (Å²) < 4.78 is 5.01. The fourth-order valence-corrected chi connectivity index (χ4v) is 1.16. The molecule has 1 aromatic carbocycles. The second-order valence-corrected chi connectivity index (χ2v) is 2.70. The lowest BCUT2D eigenvalue weighted by molar-refractivity contribution is 0.185. The highest BCUT2D eigenvalue weighted by Crippen LogP contribution is 2.12. The summed E-state index contributed by atoms with van der Waals surface area (Å²) in [6.07, 6.45) is 7.11. The topological polar surface area (TPSA) is 9.23 Å². The number of methoxy groups -OCH3 is 1. The third kappa shape index (κ3) is 2.21. The molecule has 0 bridgehead atoms. The monoisotopic (exact) mass is 172 g/mol. The van der Waals surface area contributed by atoms with Gasteiger partial charge in [-0.25, -0.2) is 0 Å². The molecule has 13 heavy (non-hydrogen) atoms. The van der Waals surface area contributed by atoms with E-state index in [1.165, 1.54) is 0 Å². The zero-order chi connectivity index (χ0) is 9.68. The van der Waals surface area contributed by atoms with Crippen LogP contribution in [0.15, 0.2) is 24.8 Å². The molecule has 0 aliphatic carbocycles. The molecule has 0 saturated carbocycles. The van der Waals surface area contributed by atoms with Crippen molar-refractivity contribution in [3.8, 4) is 12.3 Å². The Balaban J connectivity index is 3.07. The van der Waals surface area contributed by atoms with Crippen LogP contribution in [0.1, 0.15) is 16.7 Å². The summed E-state index contributed by atoms with van der Waals surface area (Å²) in [5.41, 5.74) is 2.94. The SMILES string of the molecule is C#Cc1cc(COC)ccc1C=C. The highest BCUT2D eigenvalue weighted by molar-refractivity contribution is 5.58. The molecule has 0 N–H and O–H groups in total. The van der Waals surface area contributed by atoms with Crippen molar-refractivity contribution in [2.45, 2.75) is 6.61 Å². The minimum atomic E-state index is 0.589. The Morgan fingerprint density at radius 1 is 1.62 bits per heavy atom. The summed E-state index contributed by atoms with van der Waals surface area (Å²) in [5.74, 6) is 2.62. The average molecular weight is 172 g/mol. The fourth-order valence-electron chi connectivity index (χ4n) is 1.16. The van der Waals surface area contributed by atoms with Crippen molar-refractivity contribution < 1.29 is 4.74 Å². The van der Waals surface area contributed by atoms with E-state index in [1.807, 2.05) is 18.2 Å². The number of rotatable bonds is 3. The van der Waals surface area contributed by atoms with Crippen LogP contribution in [0.2, 0.25) is 0 Å². The highest BCUT2D eigenvalue weighted by atomic mass is 16.5. The van der Waals surface area contributed by atoms with E-state index in [0.29, 0.717) is 6.61 Å². The van der Waals surface area contributed by atoms with E-state index in [2.05, 4.69) is 12.5 Å². The molecule has 1 rings (SSSR count). The number of terminal acetylenes is 1. The maximum atomic E-state index is 5.35. The van der Waals surface area contributed by atoms with Gasteiger partial charge in [0.15, 0.2) is 0 Å². The molecule has 0 aliphatic heterocycles. The van der Waals surface area contributed by atoms with Gasteiger partial charge in [-0.3, -0.25) is 0 Å². The van der Waals surface area contributed by atoms with E-state index < -0.39 is 0 Å². The standard InChI is InChI=1S/C12H12O/c1-4-11-7-6-10(9-13-3)8-12(11)5-2/h2,4,6-8H,1,9H2,3H3. The zero-order valence-corrected chi connectivity index (χ0v) is 7.71. The largest absolute Gasteiger partial charge is 0.380 e. The third-order valence-electron chi connectivity index (χ3n) is 1.80. The van der Waals surface area contributed by atoms with Crippen molar-refractivity contribution in [3.05, 3.63) is 41.5 Å². The van der Waals surface area contributed by atoms with Crippen molar-refractivity contribution in [1.82, 2.24) is 0 Å². The van der Waals surface area contributed by atoms with Crippen molar-refractivity contribution in [2.24, 2.45) is 0 Å². The lowest BCUT2D eigenvalue weighted by Crippen LogP contribution is -1.90. The summed E-state index contributed by atoms with van der Waals surface area (Å²) >= 11 is 0. The smallest absolute Gasteiger partial charge is 0.0713 e. The van der Waals surface area contributed by atoms with E-state index in [-0.39, 0.29) is 0 Å². The summed E-state index contributed by atoms with van der Waals surface area (Å²) in [6.45, 7) is 4.28. The molecule has 0 atom stereocenters. The molecule has 0 heterocycles. The van der Waals surface area contributed by atoms with E-state index in [0.717, 1.165) is 16.7 Å². The van der Waals surface area contributed by atoms with Crippen molar-refractivity contribution in [2.75, 3.05) is 7.11 Å². The van der Waals surface area contributed by atoms with Crippen LogP contribution in [-0.4, -0.2) is 7.11 Å². The van der Waals surface area contributed by atoms with Crippen LogP contribution >= 0.6 is 0 Å². The van der Waals surface area contributed by atoms with E-state index in [9.17, 15) is 0 Å². The van der Waals surface area contributed by atoms with E-state index in [4.69, 9.17) is 11.2 Å². The van der Waals surface area contributed by atoms with Gasteiger partial charge in [-0.15, -0.1) is 6.42 Å². The summed E-state index contributed by atoms with van der Waals surface area (Å²) in [5, 5.41) is 0. The Bertz CT molecular complexity index is 345. The van der Waals surface area contributed by atoms with Crippen LogP contribution in [0.5, 0.6) is 0 Å². The average Bonchev–Trinajstić information content (AvgIpc) is 2.18. The first-order valence-electron chi connectivity index (χ1n) is 4.02. The number of ether oxygens (including phenoxy) is 1. The normalized spacial score (nSPS) is 9.23. The maximum absolute atomic E-state index is 5.35. The zero-order valence-electron chi connectivity index (χ0n) is 7.71. The molecule has 1 heteroatoms. The first-order chi connectivity index (χ1) is 6.31. The lowest BCUT2D eigenvalue weighted by atomic mass is 10.0.